The number of benzene rings is 6. The third-order valence-electron chi connectivity index (χ3n) is 11.0. The van der Waals surface area contributed by atoms with E-state index >= 15 is 0 Å². The number of hydrogen-bond acceptors (Lipinski definition) is 16. The Hall–Kier alpha value is -10.0. The van der Waals surface area contributed by atoms with Crippen molar-refractivity contribution in [2.75, 3.05) is 38.4 Å². The van der Waals surface area contributed by atoms with Crippen LogP contribution < -0.4 is 38.5 Å². The van der Waals surface area contributed by atoms with Crippen molar-refractivity contribution >= 4 is 47.4 Å². The van der Waals surface area contributed by atoms with Gasteiger partial charge in [0.05, 0.1) is 48.7 Å². The average Bonchev–Trinajstić information content (AvgIpc) is 3.47. The van der Waals surface area contributed by atoms with Crippen LogP contribution in [0.4, 0.5) is 5.69 Å². The molecule has 17 heteroatoms. The summed E-state index contributed by atoms with van der Waals surface area (Å²) in [6.07, 6.45) is 6.61. The zero-order valence-electron chi connectivity index (χ0n) is 44.7. The number of esters is 6. The lowest BCUT2D eigenvalue weighted by Crippen LogP contribution is -2.13. The number of nitrogens with one attached hydrogen (secondary N) is 1. The lowest BCUT2D eigenvalue weighted by atomic mass is 10.2. The first-order valence-corrected chi connectivity index (χ1v) is 25.1. The molecule has 0 saturated carbocycles. The van der Waals surface area contributed by atoms with Gasteiger partial charge >= 0.3 is 35.8 Å². The number of ether oxygens (including phenoxy) is 9. The second-order valence-corrected chi connectivity index (χ2v) is 17.3. The highest BCUT2D eigenvalue weighted by molar-refractivity contribution is 6.03. The van der Waals surface area contributed by atoms with E-state index in [-0.39, 0.29) is 5.91 Å². The number of carbonyl (C=O) groups is 7. The number of hydrogen-bond donors (Lipinski definition) is 1. The molecule has 0 aliphatic carbocycles. The summed E-state index contributed by atoms with van der Waals surface area (Å²) in [6, 6.07) is 35.4. The van der Waals surface area contributed by atoms with Gasteiger partial charge in [-0.25, -0.2) is 28.8 Å². The molecule has 0 heterocycles. The van der Waals surface area contributed by atoms with Crippen molar-refractivity contribution in [2.24, 2.45) is 0 Å². The molecule has 0 aliphatic rings. The van der Waals surface area contributed by atoms with E-state index in [1.807, 2.05) is 0 Å². The standard InChI is InChI=1S/C32H31NO8.C31H30O8/c1-5-29(34)39-19-7-6-18-38-26-14-10-24(11-15-26)31(36)40-27-16-17-28(22(4)20-27)41-32(37)23-8-12-25(13-9-23)33-30(35)21(2)3;1-4-18-35-25-12-10-24(11-13-25)31(34)39-28-17-16-27(21-22(28)3)38-30(33)23-8-14-26(15-9-23)36-19-6-7-20-37-29(32)5-2/h5,8-17,20H,1-2,6-7,18-19H2,3-4H3,(H,33,35);4-5,8-17,21H,1-2,6-7,18-20H2,3H3. The largest absolute Gasteiger partial charge is 0.494 e. The zero-order chi connectivity index (χ0) is 57.8. The monoisotopic (exact) mass is 1090 g/mol. The van der Waals surface area contributed by atoms with Crippen LogP contribution in [-0.4, -0.2) is 74.8 Å². The Morgan fingerprint density at radius 1 is 0.438 bits per heavy atom. The third-order valence-corrected chi connectivity index (χ3v) is 11.0. The fourth-order valence-corrected chi connectivity index (χ4v) is 6.65. The highest BCUT2D eigenvalue weighted by Crippen LogP contribution is 2.28. The highest BCUT2D eigenvalue weighted by Gasteiger charge is 2.17. The lowest BCUT2D eigenvalue weighted by Gasteiger charge is -2.11. The lowest BCUT2D eigenvalue weighted by molar-refractivity contribution is -0.138. The van der Waals surface area contributed by atoms with Crippen molar-refractivity contribution < 1.29 is 76.2 Å². The number of unbranched alkanes of at least 4 members (excludes halogenated alkanes) is 2. The van der Waals surface area contributed by atoms with Crippen LogP contribution in [0.25, 0.3) is 0 Å². The number of aryl methyl sites for hydroxylation is 2. The van der Waals surface area contributed by atoms with E-state index in [1.165, 1.54) is 6.07 Å². The number of carbonyl (C=O) groups excluding carboxylic acids is 7. The molecule has 0 fully saturated rings. The Balaban J connectivity index is 0.000000294. The fraction of sp³-hybridized carbons (Fsp3) is 0.190. The van der Waals surface area contributed by atoms with Gasteiger partial charge in [-0.1, -0.05) is 32.4 Å². The quantitative estimate of drug-likeness (QED) is 0.0167. The molecule has 17 nitrogen and oxygen atoms in total. The molecule has 414 valence electrons. The van der Waals surface area contributed by atoms with E-state index in [4.69, 9.17) is 42.6 Å². The predicted molar refractivity (Wildman–Crippen MR) is 299 cm³/mol. The summed E-state index contributed by atoms with van der Waals surface area (Å²) < 4.78 is 48.5. The Labute approximate surface area is 464 Å². The van der Waals surface area contributed by atoms with E-state index in [0.717, 1.165) is 12.2 Å². The van der Waals surface area contributed by atoms with Crippen LogP contribution in [-0.2, 0) is 23.9 Å². The molecule has 0 saturated heterocycles. The van der Waals surface area contributed by atoms with Crippen molar-refractivity contribution in [3.8, 4) is 40.2 Å². The molecule has 6 aromatic carbocycles. The van der Waals surface area contributed by atoms with E-state index in [9.17, 15) is 33.6 Å². The van der Waals surface area contributed by atoms with Gasteiger partial charge in [-0.15, -0.1) is 0 Å². The molecule has 6 aromatic rings. The third kappa shape index (κ3) is 20.5. The summed E-state index contributed by atoms with van der Waals surface area (Å²) in [6.45, 7) is 20.8. The van der Waals surface area contributed by atoms with Crippen molar-refractivity contribution in [1.29, 1.82) is 0 Å². The molecule has 0 spiro atoms. The van der Waals surface area contributed by atoms with E-state index in [1.54, 1.807) is 154 Å². The van der Waals surface area contributed by atoms with Gasteiger partial charge in [0.1, 0.15) is 46.9 Å². The van der Waals surface area contributed by atoms with Gasteiger partial charge in [0.25, 0.3) is 5.91 Å². The minimum Gasteiger partial charge on any atom is -0.494 e. The first kappa shape index (κ1) is 60.8. The van der Waals surface area contributed by atoms with E-state index in [0.29, 0.717) is 144 Å². The number of rotatable bonds is 27. The smallest absolute Gasteiger partial charge is 0.343 e. The van der Waals surface area contributed by atoms with Crippen LogP contribution in [0.1, 0.15) is 85.2 Å². The zero-order valence-corrected chi connectivity index (χ0v) is 44.7. The summed E-state index contributed by atoms with van der Waals surface area (Å²) in [7, 11) is 0. The van der Waals surface area contributed by atoms with Gasteiger partial charge in [0, 0.05) is 23.4 Å². The molecule has 1 N–H and O–H groups in total. The van der Waals surface area contributed by atoms with E-state index < -0.39 is 35.8 Å². The molecular formula is C63H61NO16. The molecule has 0 aromatic heterocycles. The van der Waals surface area contributed by atoms with Crippen LogP contribution in [0.3, 0.4) is 0 Å². The highest BCUT2D eigenvalue weighted by atomic mass is 16.6. The van der Waals surface area contributed by atoms with E-state index in [2.05, 4.69) is 31.6 Å². The fourth-order valence-electron chi connectivity index (χ4n) is 6.65. The Morgan fingerprint density at radius 3 is 1.12 bits per heavy atom. The average molecular weight is 1090 g/mol. The summed E-state index contributed by atoms with van der Waals surface area (Å²) in [4.78, 5) is 84.0. The van der Waals surface area contributed by atoms with Crippen molar-refractivity contribution in [3.05, 3.63) is 217 Å². The molecule has 0 unspecified atom stereocenters. The van der Waals surface area contributed by atoms with Crippen molar-refractivity contribution in [1.82, 2.24) is 0 Å². The Bertz CT molecular complexity index is 3140. The SMILES string of the molecule is C=CC(=O)OCCCCOc1ccc(C(=O)Oc2ccc(OC(=O)c3ccc(NC(=O)C(=C)C)cc3)c(C)c2)cc1.C=CCOc1ccc(C(=O)Oc2ccc(OC(=O)c3ccc(OCCCCOC(=O)C=C)cc3)cc2C)cc1. The predicted octanol–water partition coefficient (Wildman–Crippen LogP) is 11.7. The molecular weight excluding hydrogens is 1030 g/mol. The Morgan fingerprint density at radius 2 is 0.775 bits per heavy atom. The maximum Gasteiger partial charge on any atom is 0.343 e. The number of amides is 1. The molecule has 0 bridgehead atoms. The molecule has 6 rings (SSSR count). The van der Waals surface area contributed by atoms with Gasteiger partial charge in [0.15, 0.2) is 0 Å². The molecule has 0 radical (unpaired) electrons. The molecule has 80 heavy (non-hydrogen) atoms. The van der Waals surface area contributed by atoms with Gasteiger partial charge in [-0.05, 0) is 191 Å². The van der Waals surface area contributed by atoms with Crippen molar-refractivity contribution in [2.45, 2.75) is 46.5 Å². The van der Waals surface area contributed by atoms with Gasteiger partial charge in [-0.2, -0.15) is 0 Å². The van der Waals surface area contributed by atoms with Crippen molar-refractivity contribution in [3.63, 3.8) is 0 Å². The van der Waals surface area contributed by atoms with Crippen LogP contribution in [0, 0.1) is 13.8 Å². The summed E-state index contributed by atoms with van der Waals surface area (Å²) in [5.41, 5.74) is 3.49. The maximum atomic E-state index is 12.6. The molecule has 0 aliphatic heterocycles. The second kappa shape index (κ2) is 31.9. The molecule has 0 atom stereocenters. The minimum atomic E-state index is -0.575. The van der Waals surface area contributed by atoms with Gasteiger partial charge in [-0.3, -0.25) is 4.79 Å². The van der Waals surface area contributed by atoms with Crippen LogP contribution in [0.2, 0.25) is 0 Å². The summed E-state index contributed by atoms with van der Waals surface area (Å²) in [5.74, 6) is -0.275. The topological polar surface area (TPSA) is 215 Å². The first-order valence-electron chi connectivity index (χ1n) is 25.1. The first-order chi connectivity index (χ1) is 38.5. The second-order valence-electron chi connectivity index (χ2n) is 17.3. The molecule has 1 amide bonds. The summed E-state index contributed by atoms with van der Waals surface area (Å²) in [5, 5.41) is 2.67. The van der Waals surface area contributed by atoms with Gasteiger partial charge < -0.3 is 47.9 Å². The normalized spacial score (nSPS) is 10.2. The number of anilines is 1. The van der Waals surface area contributed by atoms with Crippen LogP contribution in [0.15, 0.2) is 184 Å². The van der Waals surface area contributed by atoms with Gasteiger partial charge in [0.2, 0.25) is 0 Å². The Kier molecular flexibility index (Phi) is 24.2. The van der Waals surface area contributed by atoms with Crippen LogP contribution in [0.5, 0.6) is 40.2 Å². The summed E-state index contributed by atoms with van der Waals surface area (Å²) >= 11 is 0. The van der Waals surface area contributed by atoms with Crippen LogP contribution >= 0.6 is 0 Å². The minimum absolute atomic E-state index is 0.294. The maximum absolute atomic E-state index is 12.6.